The Bertz CT molecular complexity index is 1420. The molecule has 7 nitrogen and oxygen atoms in total. The Labute approximate surface area is 210 Å². The van der Waals surface area contributed by atoms with Gasteiger partial charge in [0, 0.05) is 49.5 Å². The molecule has 5 rings (SSSR count). The van der Waals surface area contributed by atoms with Crippen LogP contribution in [-0.4, -0.2) is 53.6 Å². The van der Waals surface area contributed by atoms with Crippen LogP contribution in [0.3, 0.4) is 0 Å². The number of hydrogen-bond donors (Lipinski definition) is 0. The van der Waals surface area contributed by atoms with Crippen molar-refractivity contribution in [2.24, 2.45) is 0 Å². The minimum Gasteiger partial charge on any atom is -0.497 e. The lowest BCUT2D eigenvalue weighted by Gasteiger charge is -2.36. The molecule has 1 aromatic heterocycles. The van der Waals surface area contributed by atoms with Gasteiger partial charge in [-0.3, -0.25) is 9.59 Å². The largest absolute Gasteiger partial charge is 0.497 e. The molecule has 1 fully saturated rings. The van der Waals surface area contributed by atoms with Gasteiger partial charge in [-0.15, -0.1) is 0 Å². The first-order chi connectivity index (χ1) is 17.6. The number of rotatable bonds is 6. The molecule has 1 amide bonds. The third-order valence-electron chi connectivity index (χ3n) is 6.71. The monoisotopic (exact) mass is 482 g/mol. The van der Waals surface area contributed by atoms with Gasteiger partial charge in [-0.05, 0) is 55.0 Å². The van der Waals surface area contributed by atoms with E-state index in [0.29, 0.717) is 30.9 Å². The number of carbonyl (C=O) groups is 1. The van der Waals surface area contributed by atoms with Crippen LogP contribution >= 0.6 is 0 Å². The van der Waals surface area contributed by atoms with Crippen molar-refractivity contribution in [1.29, 1.82) is 0 Å². The first kappa shape index (κ1) is 23.6. The quantitative estimate of drug-likeness (QED) is 0.406. The molecule has 0 bridgehead atoms. The number of ether oxygens (including phenoxy) is 1. The number of aryl methyl sites for hydroxylation is 1. The standard InChI is InChI=1S/C29H30N4O3/c1-3-16-33-26-7-5-4-6-25(26)30-27(29(33)35)21-8-10-22(11-9-21)28(34)32-19-17-31(18-20-32)23-12-14-24(36-2)15-13-23/h4-15H,3,16-20H2,1-2H3. The average molecular weight is 483 g/mol. The van der Waals surface area contributed by atoms with Crippen molar-refractivity contribution < 1.29 is 9.53 Å². The first-order valence-electron chi connectivity index (χ1n) is 12.4. The van der Waals surface area contributed by atoms with Gasteiger partial charge in [0.05, 0.1) is 18.1 Å². The fraction of sp³-hybridized carbons (Fsp3) is 0.276. The topological polar surface area (TPSA) is 67.7 Å². The summed E-state index contributed by atoms with van der Waals surface area (Å²) in [6, 6.07) is 23.0. The number of amides is 1. The Balaban J connectivity index is 1.31. The summed E-state index contributed by atoms with van der Waals surface area (Å²) in [5, 5.41) is 0. The molecule has 36 heavy (non-hydrogen) atoms. The number of nitrogens with zero attached hydrogens (tertiary/aromatic N) is 4. The Morgan fingerprint density at radius 1 is 0.917 bits per heavy atom. The molecule has 7 heteroatoms. The van der Waals surface area contributed by atoms with Gasteiger partial charge in [-0.2, -0.15) is 0 Å². The van der Waals surface area contributed by atoms with Gasteiger partial charge in [-0.1, -0.05) is 31.2 Å². The molecular formula is C29H30N4O3. The summed E-state index contributed by atoms with van der Waals surface area (Å²) in [4.78, 5) is 35.2. The molecule has 2 heterocycles. The molecule has 4 aromatic rings. The van der Waals surface area contributed by atoms with Gasteiger partial charge >= 0.3 is 0 Å². The van der Waals surface area contributed by atoms with Crippen molar-refractivity contribution in [3.63, 3.8) is 0 Å². The maximum absolute atomic E-state index is 13.2. The van der Waals surface area contributed by atoms with Crippen molar-refractivity contribution in [3.05, 3.63) is 88.7 Å². The number of hydrogen-bond acceptors (Lipinski definition) is 5. The molecule has 0 atom stereocenters. The van der Waals surface area contributed by atoms with Crippen LogP contribution in [-0.2, 0) is 6.54 Å². The summed E-state index contributed by atoms with van der Waals surface area (Å²) in [5.41, 5.74) is 4.40. The number of para-hydroxylation sites is 2. The van der Waals surface area contributed by atoms with Crippen molar-refractivity contribution in [2.45, 2.75) is 19.9 Å². The zero-order chi connectivity index (χ0) is 25.1. The van der Waals surface area contributed by atoms with Crippen LogP contribution in [0.2, 0.25) is 0 Å². The lowest BCUT2D eigenvalue weighted by Crippen LogP contribution is -2.48. The summed E-state index contributed by atoms with van der Waals surface area (Å²) in [7, 11) is 1.66. The molecule has 3 aromatic carbocycles. The Hall–Kier alpha value is -4.13. The summed E-state index contributed by atoms with van der Waals surface area (Å²) < 4.78 is 7.03. The number of fused-ring (bicyclic) bond motifs is 1. The second kappa shape index (κ2) is 10.2. The highest BCUT2D eigenvalue weighted by Crippen LogP contribution is 2.22. The Morgan fingerprint density at radius 3 is 2.28 bits per heavy atom. The fourth-order valence-electron chi connectivity index (χ4n) is 4.74. The van der Waals surface area contributed by atoms with Gasteiger partial charge in [0.1, 0.15) is 11.4 Å². The highest BCUT2D eigenvalue weighted by Gasteiger charge is 2.23. The van der Waals surface area contributed by atoms with E-state index in [9.17, 15) is 9.59 Å². The van der Waals surface area contributed by atoms with Crippen LogP contribution in [0.1, 0.15) is 23.7 Å². The van der Waals surface area contributed by atoms with E-state index in [1.165, 1.54) is 0 Å². The highest BCUT2D eigenvalue weighted by molar-refractivity contribution is 5.95. The van der Waals surface area contributed by atoms with Crippen molar-refractivity contribution in [2.75, 3.05) is 38.2 Å². The zero-order valence-corrected chi connectivity index (χ0v) is 20.7. The zero-order valence-electron chi connectivity index (χ0n) is 20.7. The van der Waals surface area contributed by atoms with Crippen molar-refractivity contribution in [1.82, 2.24) is 14.5 Å². The minimum absolute atomic E-state index is 0.00537. The van der Waals surface area contributed by atoms with E-state index in [-0.39, 0.29) is 11.5 Å². The first-order valence-corrected chi connectivity index (χ1v) is 12.4. The van der Waals surface area contributed by atoms with Gasteiger partial charge < -0.3 is 19.1 Å². The molecule has 0 saturated carbocycles. The van der Waals surface area contributed by atoms with E-state index in [4.69, 9.17) is 4.74 Å². The summed E-state index contributed by atoms with van der Waals surface area (Å²) in [6.45, 7) is 5.54. The maximum atomic E-state index is 13.2. The van der Waals surface area contributed by atoms with E-state index in [2.05, 4.69) is 16.8 Å². The van der Waals surface area contributed by atoms with Gasteiger partial charge in [-0.25, -0.2) is 4.98 Å². The van der Waals surface area contributed by atoms with Crippen LogP contribution in [0, 0.1) is 0 Å². The second-order valence-corrected chi connectivity index (χ2v) is 8.96. The molecule has 0 radical (unpaired) electrons. The minimum atomic E-state index is -0.107. The number of benzene rings is 3. The van der Waals surface area contributed by atoms with E-state index < -0.39 is 0 Å². The molecule has 0 unspecified atom stereocenters. The molecule has 184 valence electrons. The molecule has 0 aliphatic carbocycles. The smallest absolute Gasteiger partial charge is 0.277 e. The predicted octanol–water partition coefficient (Wildman–Crippen LogP) is 4.44. The van der Waals surface area contributed by atoms with Crippen LogP contribution in [0.25, 0.3) is 22.3 Å². The van der Waals surface area contributed by atoms with Gasteiger partial charge in [0.25, 0.3) is 11.5 Å². The normalized spacial score (nSPS) is 13.7. The van der Waals surface area contributed by atoms with Gasteiger partial charge in [0.2, 0.25) is 0 Å². The van der Waals surface area contributed by atoms with Gasteiger partial charge in [0.15, 0.2) is 0 Å². The average Bonchev–Trinajstić information content (AvgIpc) is 2.94. The lowest BCUT2D eigenvalue weighted by atomic mass is 10.1. The van der Waals surface area contributed by atoms with E-state index >= 15 is 0 Å². The van der Waals surface area contributed by atoms with E-state index in [1.54, 1.807) is 23.8 Å². The fourth-order valence-corrected chi connectivity index (χ4v) is 4.74. The lowest BCUT2D eigenvalue weighted by molar-refractivity contribution is 0.0747. The summed E-state index contributed by atoms with van der Waals surface area (Å²) in [5.74, 6) is 0.838. The third kappa shape index (κ3) is 4.56. The maximum Gasteiger partial charge on any atom is 0.277 e. The van der Waals surface area contributed by atoms with Crippen LogP contribution in [0.5, 0.6) is 5.75 Å². The number of anilines is 1. The van der Waals surface area contributed by atoms with E-state index in [0.717, 1.165) is 47.5 Å². The second-order valence-electron chi connectivity index (χ2n) is 8.96. The van der Waals surface area contributed by atoms with Crippen molar-refractivity contribution in [3.8, 4) is 17.0 Å². The molecule has 0 N–H and O–H groups in total. The molecule has 1 aliphatic heterocycles. The molecule has 0 spiro atoms. The number of methoxy groups -OCH3 is 1. The molecule has 1 aliphatic rings. The number of carbonyl (C=O) groups excluding carboxylic acids is 1. The Morgan fingerprint density at radius 2 is 1.61 bits per heavy atom. The highest BCUT2D eigenvalue weighted by atomic mass is 16.5. The number of aromatic nitrogens is 2. The molecule has 1 saturated heterocycles. The van der Waals surface area contributed by atoms with Crippen LogP contribution < -0.4 is 15.2 Å². The number of piperazine rings is 1. The summed E-state index contributed by atoms with van der Waals surface area (Å²) in [6.07, 6.45) is 0.854. The van der Waals surface area contributed by atoms with E-state index in [1.807, 2.05) is 65.6 Å². The Kier molecular flexibility index (Phi) is 6.71. The van der Waals surface area contributed by atoms with Crippen molar-refractivity contribution >= 4 is 22.6 Å². The predicted molar refractivity (Wildman–Crippen MR) is 143 cm³/mol. The summed E-state index contributed by atoms with van der Waals surface area (Å²) >= 11 is 0. The SMILES string of the molecule is CCCn1c(=O)c(-c2ccc(C(=O)N3CCN(c4ccc(OC)cc4)CC3)cc2)nc2ccccc21. The molecular weight excluding hydrogens is 452 g/mol. The van der Waals surface area contributed by atoms with Crippen LogP contribution in [0.15, 0.2) is 77.6 Å². The van der Waals surface area contributed by atoms with Crippen LogP contribution in [0.4, 0.5) is 5.69 Å². The third-order valence-corrected chi connectivity index (χ3v) is 6.71.